The standard InChI is InChI=1S/9C7H14/c1-6-3-4-7(2)5-6;1-7(2)5-3-4-6-7;1-6-4-3-5-7(6)2;1-6(2)7-4-3-5-7;1-3-7-4-6(2)5-7;1-3-7(2)5-4-6-7;1-3-7-5-4-6(7)2;1-2-7-5-3-4-6-7;1-2-4-7-5-3-6-7/h6-7H,3-5H2,1-2H3;3-6H2,1-2H3;3*6-7H,3-5H2,1-2H3;3-6H2,1-2H3;6-7H,3-5H2,1-2H3;2*7H,2-6H2,1H3/t6-,7?;;6-,7?;;;;6-,7?;;/m1.1...0../s1. The van der Waals surface area contributed by atoms with E-state index in [2.05, 4.69) is 111 Å². The highest BCUT2D eigenvalue weighted by Crippen LogP contribution is 2.43. The van der Waals surface area contributed by atoms with E-state index >= 15 is 0 Å². The normalized spacial score (nSPS) is 32.0. The van der Waals surface area contributed by atoms with Crippen molar-refractivity contribution >= 4 is 0 Å². The van der Waals surface area contributed by atoms with Crippen LogP contribution in [0.2, 0.25) is 0 Å². The summed E-state index contributed by atoms with van der Waals surface area (Å²) in [5, 5.41) is 0. The van der Waals surface area contributed by atoms with Gasteiger partial charge >= 0.3 is 0 Å². The minimum absolute atomic E-state index is 0.694. The van der Waals surface area contributed by atoms with E-state index in [0.717, 1.165) is 76.4 Å². The lowest BCUT2D eigenvalue weighted by Gasteiger charge is -2.37. The predicted molar refractivity (Wildman–Crippen MR) is 290 cm³/mol. The Morgan fingerprint density at radius 1 is 0.413 bits per heavy atom. The van der Waals surface area contributed by atoms with Gasteiger partial charge in [-0.2, -0.15) is 0 Å². The molecule has 3 unspecified atom stereocenters. The summed E-state index contributed by atoms with van der Waals surface area (Å²) in [6.45, 7) is 37.3. The molecular formula is C63H126. The quantitative estimate of drug-likeness (QED) is 0.239. The molecule has 0 radical (unpaired) electrons. The molecule has 9 aliphatic carbocycles. The van der Waals surface area contributed by atoms with E-state index in [0.29, 0.717) is 5.41 Å². The summed E-state index contributed by atoms with van der Waals surface area (Å²) in [4.78, 5) is 0. The van der Waals surface area contributed by atoms with Gasteiger partial charge in [0, 0.05) is 0 Å². The maximum atomic E-state index is 2.39. The van der Waals surface area contributed by atoms with Gasteiger partial charge in [-0.25, -0.2) is 0 Å². The molecule has 9 fully saturated rings. The van der Waals surface area contributed by atoms with Crippen molar-refractivity contribution in [3.8, 4) is 0 Å². The zero-order valence-corrected chi connectivity index (χ0v) is 47.3. The minimum atomic E-state index is 0.694. The van der Waals surface area contributed by atoms with E-state index in [1.807, 2.05) is 0 Å². The number of hydrogen-bond donors (Lipinski definition) is 0. The van der Waals surface area contributed by atoms with Gasteiger partial charge < -0.3 is 0 Å². The second-order valence-corrected chi connectivity index (χ2v) is 26.0. The second-order valence-electron chi connectivity index (χ2n) is 26.0. The highest BCUT2D eigenvalue weighted by atomic mass is 14.3. The van der Waals surface area contributed by atoms with Gasteiger partial charge in [0.15, 0.2) is 0 Å². The lowest BCUT2D eigenvalue weighted by Crippen LogP contribution is -2.23. The molecule has 0 aliphatic heterocycles. The fraction of sp³-hybridized carbons (Fsp3) is 1.00. The summed E-state index contributed by atoms with van der Waals surface area (Å²) in [5.41, 5.74) is 1.46. The van der Waals surface area contributed by atoms with Gasteiger partial charge in [-0.1, -0.05) is 271 Å². The Balaban J connectivity index is 0.000000354. The molecule has 9 aliphatic rings. The van der Waals surface area contributed by atoms with Crippen LogP contribution in [0, 0.1) is 81.8 Å². The third-order valence-electron chi connectivity index (χ3n) is 19.1. The van der Waals surface area contributed by atoms with E-state index in [1.54, 1.807) is 0 Å². The van der Waals surface area contributed by atoms with Gasteiger partial charge in [0.05, 0.1) is 0 Å². The van der Waals surface area contributed by atoms with Crippen molar-refractivity contribution in [3.05, 3.63) is 0 Å². The van der Waals surface area contributed by atoms with Crippen LogP contribution in [0.25, 0.3) is 0 Å². The van der Waals surface area contributed by atoms with E-state index < -0.39 is 0 Å². The molecule has 0 N–H and O–H groups in total. The van der Waals surface area contributed by atoms with Gasteiger partial charge in [-0.15, -0.1) is 0 Å². The van der Waals surface area contributed by atoms with Crippen LogP contribution in [-0.2, 0) is 0 Å². The molecule has 9 saturated carbocycles. The third-order valence-corrected chi connectivity index (χ3v) is 19.1. The molecule has 63 heavy (non-hydrogen) atoms. The Morgan fingerprint density at radius 3 is 1.02 bits per heavy atom. The fourth-order valence-corrected chi connectivity index (χ4v) is 11.7. The van der Waals surface area contributed by atoms with Crippen LogP contribution in [0.5, 0.6) is 0 Å². The maximum Gasteiger partial charge on any atom is -0.0328 e. The first-order chi connectivity index (χ1) is 29.9. The summed E-state index contributed by atoms with van der Waals surface area (Å²) in [6.07, 6.45) is 48.6. The van der Waals surface area contributed by atoms with Crippen molar-refractivity contribution in [2.24, 2.45) is 81.8 Å². The van der Waals surface area contributed by atoms with E-state index in [-0.39, 0.29) is 0 Å². The van der Waals surface area contributed by atoms with E-state index in [1.165, 1.54) is 212 Å². The first-order valence-electron chi connectivity index (χ1n) is 29.9. The Hall–Kier alpha value is 0. The number of rotatable bonds is 7. The summed E-state index contributed by atoms with van der Waals surface area (Å²) in [6, 6.07) is 0. The molecule has 0 saturated heterocycles. The van der Waals surface area contributed by atoms with Gasteiger partial charge in [-0.05, 0) is 133 Å². The summed E-state index contributed by atoms with van der Waals surface area (Å²) in [7, 11) is 0. The third kappa shape index (κ3) is 28.8. The summed E-state index contributed by atoms with van der Waals surface area (Å²) in [5.74, 6) is 12.6. The lowest BCUT2D eigenvalue weighted by molar-refractivity contribution is 0.155. The molecule has 0 nitrogen and oxygen atoms in total. The van der Waals surface area contributed by atoms with Crippen molar-refractivity contribution in [2.75, 3.05) is 0 Å². The largest absolute Gasteiger partial charge is 0.0654 e. The van der Waals surface area contributed by atoms with Crippen LogP contribution >= 0.6 is 0 Å². The monoisotopic (exact) mass is 883 g/mol. The highest BCUT2D eigenvalue weighted by molar-refractivity contribution is 4.81. The summed E-state index contributed by atoms with van der Waals surface area (Å²) < 4.78 is 0. The van der Waals surface area contributed by atoms with Crippen LogP contribution in [0.4, 0.5) is 0 Å². The maximum absolute atomic E-state index is 2.39. The highest BCUT2D eigenvalue weighted by Gasteiger charge is 2.29. The minimum Gasteiger partial charge on any atom is -0.0654 e. The molecular weight excluding hydrogens is 757 g/mol. The van der Waals surface area contributed by atoms with Gasteiger partial charge in [0.1, 0.15) is 0 Å². The second kappa shape index (κ2) is 35.2. The molecule has 6 atom stereocenters. The van der Waals surface area contributed by atoms with Crippen molar-refractivity contribution in [1.82, 2.24) is 0 Å². The topological polar surface area (TPSA) is 0 Å². The Labute approximate surface area is 402 Å². The first-order valence-corrected chi connectivity index (χ1v) is 29.9. The molecule has 0 amide bonds. The Morgan fingerprint density at radius 2 is 0.905 bits per heavy atom. The van der Waals surface area contributed by atoms with Crippen LogP contribution in [-0.4, -0.2) is 0 Å². The fourth-order valence-electron chi connectivity index (χ4n) is 11.7. The smallest absolute Gasteiger partial charge is 0.0328 e. The van der Waals surface area contributed by atoms with Crippen LogP contribution in [0.1, 0.15) is 323 Å². The number of hydrogen-bond acceptors (Lipinski definition) is 0. The SMILES string of the molecule is CC(C)C1CCC1.CC1(C)CCCC1.CC1CCC[C@H]1C.CC1CC[C@@H](C)C1.CCC1(C)CCC1.CCC1CC(C)C1.CCC1CCCC1.CCC1CC[C@@H]1C.CCCC1CCC1. The van der Waals surface area contributed by atoms with Crippen LogP contribution in [0.15, 0.2) is 0 Å². The average Bonchev–Trinajstić information content (AvgIpc) is 4.02. The summed E-state index contributed by atoms with van der Waals surface area (Å²) >= 11 is 0. The van der Waals surface area contributed by atoms with Crippen molar-refractivity contribution < 1.29 is 0 Å². The zero-order chi connectivity index (χ0) is 47.3. The van der Waals surface area contributed by atoms with Crippen LogP contribution in [0.3, 0.4) is 0 Å². The molecule has 0 aromatic carbocycles. The first kappa shape index (κ1) is 61.0. The molecule has 0 bridgehead atoms. The van der Waals surface area contributed by atoms with Gasteiger partial charge in [0.25, 0.3) is 0 Å². The lowest BCUT2D eigenvalue weighted by atomic mass is 9.69. The Bertz CT molecular complexity index is 949. The van der Waals surface area contributed by atoms with E-state index in [4.69, 9.17) is 0 Å². The molecule has 0 heterocycles. The van der Waals surface area contributed by atoms with E-state index in [9.17, 15) is 0 Å². The van der Waals surface area contributed by atoms with Crippen molar-refractivity contribution in [3.63, 3.8) is 0 Å². The molecule has 0 aromatic rings. The predicted octanol–water partition coefficient (Wildman–Crippen LogP) is 22.6. The van der Waals surface area contributed by atoms with Gasteiger partial charge in [0.2, 0.25) is 0 Å². The molecule has 9 rings (SSSR count). The molecule has 0 heteroatoms. The van der Waals surface area contributed by atoms with Crippen molar-refractivity contribution in [2.45, 2.75) is 323 Å². The molecule has 0 spiro atoms. The Kier molecular flexibility index (Phi) is 34.1. The van der Waals surface area contributed by atoms with Gasteiger partial charge in [-0.3, -0.25) is 0 Å². The van der Waals surface area contributed by atoms with Crippen molar-refractivity contribution in [1.29, 1.82) is 0 Å². The molecule has 0 aromatic heterocycles. The zero-order valence-electron chi connectivity index (χ0n) is 47.3. The molecule has 378 valence electrons. The van der Waals surface area contributed by atoms with Crippen LogP contribution < -0.4 is 0 Å². The average molecular weight is 884 g/mol.